The van der Waals surface area contributed by atoms with Gasteiger partial charge in [-0.05, 0) is 30.5 Å². The van der Waals surface area contributed by atoms with Crippen molar-refractivity contribution in [3.05, 3.63) is 30.1 Å². The second kappa shape index (κ2) is 5.25. The third-order valence-electron chi connectivity index (χ3n) is 4.04. The van der Waals surface area contributed by atoms with E-state index in [0.29, 0.717) is 13.0 Å². The van der Waals surface area contributed by atoms with Crippen molar-refractivity contribution < 1.29 is 9.90 Å². The van der Waals surface area contributed by atoms with E-state index in [-0.39, 0.29) is 5.91 Å². The third kappa shape index (κ3) is 2.67. The van der Waals surface area contributed by atoms with E-state index in [9.17, 15) is 9.90 Å². The van der Waals surface area contributed by atoms with Gasteiger partial charge in [0.15, 0.2) is 0 Å². The zero-order valence-electron chi connectivity index (χ0n) is 11.4. The Hall–Kier alpha value is -1.88. The number of aliphatic hydroxyl groups is 1. The van der Waals surface area contributed by atoms with E-state index in [1.165, 1.54) is 0 Å². The number of pyridine rings is 1. The molecule has 5 heteroatoms. The molecule has 3 rings (SSSR count). The molecular weight excluding hydrogens is 254 g/mol. The van der Waals surface area contributed by atoms with E-state index in [1.54, 1.807) is 6.20 Å². The van der Waals surface area contributed by atoms with Gasteiger partial charge < -0.3 is 15.4 Å². The predicted molar refractivity (Wildman–Crippen MR) is 76.2 cm³/mol. The lowest BCUT2D eigenvalue weighted by molar-refractivity contribution is -0.121. The molecule has 1 saturated carbocycles. The lowest BCUT2D eigenvalue weighted by Crippen LogP contribution is -2.41. The summed E-state index contributed by atoms with van der Waals surface area (Å²) in [4.78, 5) is 19.3. The highest BCUT2D eigenvalue weighted by Gasteiger charge is 2.31. The maximum Gasteiger partial charge on any atom is 0.224 e. The number of aromatic amines is 1. The zero-order valence-corrected chi connectivity index (χ0v) is 11.4. The summed E-state index contributed by atoms with van der Waals surface area (Å²) in [6.07, 6.45) is 7.50. The van der Waals surface area contributed by atoms with Crippen molar-refractivity contribution in [1.82, 2.24) is 15.3 Å². The van der Waals surface area contributed by atoms with E-state index in [0.717, 1.165) is 42.3 Å². The zero-order chi connectivity index (χ0) is 14.0. The third-order valence-corrected chi connectivity index (χ3v) is 4.04. The van der Waals surface area contributed by atoms with E-state index >= 15 is 0 Å². The summed E-state index contributed by atoms with van der Waals surface area (Å²) in [6, 6.07) is 3.81. The molecule has 1 aliphatic carbocycles. The summed E-state index contributed by atoms with van der Waals surface area (Å²) < 4.78 is 0. The van der Waals surface area contributed by atoms with Gasteiger partial charge in [0.2, 0.25) is 5.91 Å². The predicted octanol–water partition coefficient (Wildman–Crippen LogP) is 1.53. The summed E-state index contributed by atoms with van der Waals surface area (Å²) >= 11 is 0. The van der Waals surface area contributed by atoms with Crippen LogP contribution in [0.3, 0.4) is 0 Å². The highest BCUT2D eigenvalue weighted by Crippen LogP contribution is 2.28. The lowest BCUT2D eigenvalue weighted by Gasteiger charge is -2.22. The number of hydrogen-bond acceptors (Lipinski definition) is 3. The first kappa shape index (κ1) is 13.1. The van der Waals surface area contributed by atoms with Gasteiger partial charge in [0.1, 0.15) is 5.65 Å². The fourth-order valence-corrected chi connectivity index (χ4v) is 2.87. The summed E-state index contributed by atoms with van der Waals surface area (Å²) in [5.74, 6) is -0.0601. The van der Waals surface area contributed by atoms with Crippen molar-refractivity contribution in [2.45, 2.75) is 37.7 Å². The molecule has 0 atom stereocenters. The van der Waals surface area contributed by atoms with Crippen LogP contribution in [0.5, 0.6) is 0 Å². The van der Waals surface area contributed by atoms with Gasteiger partial charge in [0, 0.05) is 24.3 Å². The fourth-order valence-electron chi connectivity index (χ4n) is 2.87. The van der Waals surface area contributed by atoms with Gasteiger partial charge in [-0.2, -0.15) is 0 Å². The van der Waals surface area contributed by atoms with Gasteiger partial charge >= 0.3 is 0 Å². The van der Waals surface area contributed by atoms with E-state index < -0.39 is 5.60 Å². The molecule has 2 aromatic heterocycles. The number of amides is 1. The van der Waals surface area contributed by atoms with E-state index in [2.05, 4.69) is 15.3 Å². The van der Waals surface area contributed by atoms with Crippen LogP contribution in [0.25, 0.3) is 11.0 Å². The quantitative estimate of drug-likeness (QED) is 0.790. The SMILES string of the molecule is O=C(Cc1c[nH]c2ncccc12)NCC1(O)CCCC1. The molecule has 2 aromatic rings. The van der Waals surface area contributed by atoms with Crippen LogP contribution >= 0.6 is 0 Å². The average molecular weight is 273 g/mol. The monoisotopic (exact) mass is 273 g/mol. The molecule has 0 saturated heterocycles. The van der Waals surface area contributed by atoms with Crippen LogP contribution in [-0.4, -0.2) is 33.1 Å². The van der Waals surface area contributed by atoms with Gasteiger partial charge in [0.25, 0.3) is 0 Å². The fraction of sp³-hybridized carbons (Fsp3) is 0.467. The minimum absolute atomic E-state index is 0.0601. The highest BCUT2D eigenvalue weighted by atomic mass is 16.3. The van der Waals surface area contributed by atoms with Crippen molar-refractivity contribution >= 4 is 16.9 Å². The minimum Gasteiger partial charge on any atom is -0.388 e. The van der Waals surface area contributed by atoms with Crippen molar-refractivity contribution in [2.75, 3.05) is 6.54 Å². The number of carbonyl (C=O) groups excluding carboxylic acids is 1. The molecule has 0 bridgehead atoms. The molecule has 0 unspecified atom stereocenters. The Morgan fingerprint density at radius 1 is 1.45 bits per heavy atom. The molecule has 5 nitrogen and oxygen atoms in total. The molecule has 3 N–H and O–H groups in total. The second-order valence-electron chi connectivity index (χ2n) is 5.60. The number of fused-ring (bicyclic) bond motifs is 1. The van der Waals surface area contributed by atoms with Gasteiger partial charge in [-0.3, -0.25) is 4.79 Å². The average Bonchev–Trinajstić information content (AvgIpc) is 3.05. The highest BCUT2D eigenvalue weighted by molar-refractivity contribution is 5.87. The van der Waals surface area contributed by atoms with Gasteiger partial charge in [-0.15, -0.1) is 0 Å². The Morgan fingerprint density at radius 2 is 2.25 bits per heavy atom. The number of H-pyrrole nitrogens is 1. The maximum absolute atomic E-state index is 12.0. The normalized spacial score (nSPS) is 17.4. The van der Waals surface area contributed by atoms with Crippen LogP contribution in [-0.2, 0) is 11.2 Å². The van der Waals surface area contributed by atoms with E-state index in [4.69, 9.17) is 0 Å². The molecule has 1 aliphatic rings. The van der Waals surface area contributed by atoms with Crippen LogP contribution in [0, 0.1) is 0 Å². The second-order valence-corrected chi connectivity index (χ2v) is 5.60. The Morgan fingerprint density at radius 3 is 3.05 bits per heavy atom. The first-order valence-electron chi connectivity index (χ1n) is 7.06. The van der Waals surface area contributed by atoms with Crippen LogP contribution in [0.4, 0.5) is 0 Å². The molecule has 0 aliphatic heterocycles. The Balaban J connectivity index is 1.61. The van der Waals surface area contributed by atoms with Crippen LogP contribution in [0.2, 0.25) is 0 Å². The largest absolute Gasteiger partial charge is 0.388 e. The van der Waals surface area contributed by atoms with Gasteiger partial charge in [-0.1, -0.05) is 12.8 Å². The number of hydrogen-bond donors (Lipinski definition) is 3. The summed E-state index contributed by atoms with van der Waals surface area (Å²) in [5.41, 5.74) is 1.03. The molecule has 0 aromatic carbocycles. The maximum atomic E-state index is 12.0. The first-order chi connectivity index (χ1) is 9.66. The molecule has 1 fully saturated rings. The Kier molecular flexibility index (Phi) is 3.44. The molecule has 0 radical (unpaired) electrons. The Bertz CT molecular complexity index is 614. The number of nitrogens with one attached hydrogen (secondary N) is 2. The van der Waals surface area contributed by atoms with Crippen molar-refractivity contribution in [1.29, 1.82) is 0 Å². The number of nitrogens with zero attached hydrogens (tertiary/aromatic N) is 1. The van der Waals surface area contributed by atoms with Crippen molar-refractivity contribution in [2.24, 2.45) is 0 Å². The van der Waals surface area contributed by atoms with Crippen LogP contribution < -0.4 is 5.32 Å². The summed E-state index contributed by atoms with van der Waals surface area (Å²) in [5, 5.41) is 14.0. The number of aromatic nitrogens is 2. The number of rotatable bonds is 4. The minimum atomic E-state index is -0.697. The van der Waals surface area contributed by atoms with Crippen molar-refractivity contribution in [3.63, 3.8) is 0 Å². The topological polar surface area (TPSA) is 78.0 Å². The summed E-state index contributed by atoms with van der Waals surface area (Å²) in [7, 11) is 0. The Labute approximate surface area is 117 Å². The van der Waals surface area contributed by atoms with E-state index in [1.807, 2.05) is 18.3 Å². The van der Waals surface area contributed by atoms with Crippen LogP contribution in [0.15, 0.2) is 24.5 Å². The van der Waals surface area contributed by atoms with Crippen LogP contribution in [0.1, 0.15) is 31.2 Å². The molecule has 106 valence electrons. The molecular formula is C15H19N3O2. The molecule has 1 amide bonds. The first-order valence-corrected chi connectivity index (χ1v) is 7.06. The standard InChI is InChI=1S/C15H19N3O2/c19-13(18-10-15(20)5-1-2-6-15)8-11-9-17-14-12(11)4-3-7-16-14/h3-4,7,9,20H,1-2,5-6,8,10H2,(H,16,17)(H,18,19). The molecule has 20 heavy (non-hydrogen) atoms. The van der Waals surface area contributed by atoms with Crippen molar-refractivity contribution in [3.8, 4) is 0 Å². The molecule has 2 heterocycles. The molecule has 0 spiro atoms. The lowest BCUT2D eigenvalue weighted by atomic mass is 10.0. The summed E-state index contributed by atoms with van der Waals surface area (Å²) in [6.45, 7) is 0.354. The number of carbonyl (C=O) groups is 1. The van der Waals surface area contributed by atoms with Gasteiger partial charge in [0.05, 0.1) is 12.0 Å². The smallest absolute Gasteiger partial charge is 0.224 e. The van der Waals surface area contributed by atoms with Gasteiger partial charge in [-0.25, -0.2) is 4.98 Å².